The maximum Gasteiger partial charge on any atom is 0.227 e. The predicted molar refractivity (Wildman–Crippen MR) is 88.8 cm³/mol. The third kappa shape index (κ3) is 4.31. The first-order valence-electron chi connectivity index (χ1n) is 9.09. The van der Waals surface area contributed by atoms with Crippen LogP contribution in [-0.4, -0.2) is 62.7 Å². The Morgan fingerprint density at radius 3 is 2.70 bits per heavy atom. The largest absolute Gasteiger partial charge is 0.341 e. The second-order valence-electron chi connectivity index (χ2n) is 7.03. The molecule has 1 atom stereocenters. The summed E-state index contributed by atoms with van der Waals surface area (Å²) in [5, 5.41) is 4.10. The zero-order valence-corrected chi connectivity index (χ0v) is 14.2. The molecule has 3 rings (SSSR count). The molecule has 0 bridgehead atoms. The van der Waals surface area contributed by atoms with Crippen molar-refractivity contribution in [2.75, 3.05) is 26.2 Å². The molecular formula is C17H29N5O. The van der Waals surface area contributed by atoms with Crippen LogP contribution in [0.5, 0.6) is 0 Å². The summed E-state index contributed by atoms with van der Waals surface area (Å²) in [6, 6.07) is 0.756. The molecule has 1 aliphatic heterocycles. The maximum atomic E-state index is 12.7. The van der Waals surface area contributed by atoms with Crippen LogP contribution < -0.4 is 0 Å². The maximum absolute atomic E-state index is 12.7. The molecule has 0 N–H and O–H groups in total. The Morgan fingerprint density at radius 1 is 1.13 bits per heavy atom. The van der Waals surface area contributed by atoms with Gasteiger partial charge in [0.25, 0.3) is 0 Å². The van der Waals surface area contributed by atoms with Crippen molar-refractivity contribution >= 4 is 5.91 Å². The van der Waals surface area contributed by atoms with Gasteiger partial charge in [-0.2, -0.15) is 5.10 Å². The smallest absolute Gasteiger partial charge is 0.227 e. The van der Waals surface area contributed by atoms with Gasteiger partial charge in [0.2, 0.25) is 5.91 Å². The van der Waals surface area contributed by atoms with Gasteiger partial charge in [0.15, 0.2) is 0 Å². The van der Waals surface area contributed by atoms with Crippen LogP contribution in [0.15, 0.2) is 12.7 Å². The second kappa shape index (κ2) is 7.90. The van der Waals surface area contributed by atoms with Crippen molar-refractivity contribution in [2.24, 2.45) is 5.92 Å². The van der Waals surface area contributed by atoms with E-state index in [1.54, 1.807) is 11.0 Å². The molecule has 1 aromatic heterocycles. The van der Waals surface area contributed by atoms with Gasteiger partial charge in [-0.3, -0.25) is 14.4 Å². The Labute approximate surface area is 138 Å². The Kier molecular flexibility index (Phi) is 5.65. The van der Waals surface area contributed by atoms with Crippen LogP contribution in [-0.2, 0) is 11.3 Å². The second-order valence-corrected chi connectivity index (χ2v) is 7.03. The molecular weight excluding hydrogens is 290 g/mol. The highest BCUT2D eigenvalue weighted by molar-refractivity contribution is 5.78. The van der Waals surface area contributed by atoms with Crippen LogP contribution in [0.25, 0.3) is 0 Å². The number of rotatable bonds is 4. The van der Waals surface area contributed by atoms with Gasteiger partial charge in [0.1, 0.15) is 12.7 Å². The molecule has 1 aromatic rings. The Morgan fingerprint density at radius 2 is 1.96 bits per heavy atom. The highest BCUT2D eigenvalue weighted by Gasteiger charge is 2.27. The van der Waals surface area contributed by atoms with E-state index in [1.807, 2.05) is 6.92 Å². The third-order valence-electron chi connectivity index (χ3n) is 5.28. The van der Waals surface area contributed by atoms with Crippen LogP contribution in [0, 0.1) is 5.92 Å². The van der Waals surface area contributed by atoms with E-state index in [9.17, 15) is 4.79 Å². The quantitative estimate of drug-likeness (QED) is 0.849. The van der Waals surface area contributed by atoms with E-state index in [0.717, 1.165) is 38.6 Å². The summed E-state index contributed by atoms with van der Waals surface area (Å²) in [6.07, 6.45) is 11.1. The number of aromatic nitrogens is 3. The fourth-order valence-electron chi connectivity index (χ4n) is 3.97. The van der Waals surface area contributed by atoms with Crippen LogP contribution in [0.3, 0.4) is 0 Å². The van der Waals surface area contributed by atoms with Gasteiger partial charge >= 0.3 is 0 Å². The summed E-state index contributed by atoms with van der Waals surface area (Å²) in [5.41, 5.74) is 0. The molecule has 6 nitrogen and oxygen atoms in total. The first-order chi connectivity index (χ1) is 11.2. The number of carbonyl (C=O) groups excluding carboxylic acids is 1. The predicted octanol–water partition coefficient (Wildman–Crippen LogP) is 1.78. The Bertz CT molecular complexity index is 483. The zero-order chi connectivity index (χ0) is 16.1. The number of carbonyl (C=O) groups is 1. The minimum absolute atomic E-state index is 0.0436. The Balaban J connectivity index is 1.51. The monoisotopic (exact) mass is 319 g/mol. The lowest BCUT2D eigenvalue weighted by Crippen LogP contribution is -2.42. The van der Waals surface area contributed by atoms with Crippen molar-refractivity contribution in [2.45, 2.75) is 58.0 Å². The van der Waals surface area contributed by atoms with Crippen molar-refractivity contribution < 1.29 is 4.79 Å². The van der Waals surface area contributed by atoms with E-state index in [1.165, 1.54) is 38.4 Å². The van der Waals surface area contributed by atoms with Gasteiger partial charge in [0.05, 0.1) is 12.5 Å². The minimum Gasteiger partial charge on any atom is -0.341 e. The normalized spacial score (nSPS) is 22.7. The van der Waals surface area contributed by atoms with Crippen LogP contribution in [0.4, 0.5) is 0 Å². The average molecular weight is 319 g/mol. The highest BCUT2D eigenvalue weighted by Crippen LogP contribution is 2.23. The zero-order valence-electron chi connectivity index (χ0n) is 14.2. The van der Waals surface area contributed by atoms with Gasteiger partial charge in [-0.1, -0.05) is 26.2 Å². The van der Waals surface area contributed by atoms with Crippen LogP contribution in [0.2, 0.25) is 0 Å². The molecule has 23 heavy (non-hydrogen) atoms. The highest BCUT2D eigenvalue weighted by atomic mass is 16.2. The number of amides is 1. The molecule has 1 saturated heterocycles. The van der Waals surface area contributed by atoms with Gasteiger partial charge in [-0.15, -0.1) is 0 Å². The van der Waals surface area contributed by atoms with Gasteiger partial charge < -0.3 is 4.90 Å². The van der Waals surface area contributed by atoms with Crippen molar-refractivity contribution in [1.29, 1.82) is 0 Å². The van der Waals surface area contributed by atoms with Gasteiger partial charge in [-0.25, -0.2) is 4.98 Å². The average Bonchev–Trinajstić information content (AvgIpc) is 2.96. The number of hydrogen-bond acceptors (Lipinski definition) is 4. The van der Waals surface area contributed by atoms with Crippen molar-refractivity contribution in [3.8, 4) is 0 Å². The van der Waals surface area contributed by atoms with Gasteiger partial charge in [-0.05, 0) is 19.3 Å². The van der Waals surface area contributed by atoms with E-state index < -0.39 is 0 Å². The van der Waals surface area contributed by atoms with Crippen LogP contribution >= 0.6 is 0 Å². The van der Waals surface area contributed by atoms with E-state index in [2.05, 4.69) is 19.9 Å². The van der Waals surface area contributed by atoms with Gasteiger partial charge in [0, 0.05) is 32.2 Å². The third-order valence-corrected chi connectivity index (χ3v) is 5.28. The molecule has 0 unspecified atom stereocenters. The summed E-state index contributed by atoms with van der Waals surface area (Å²) < 4.78 is 1.74. The molecule has 2 aliphatic rings. The first kappa shape index (κ1) is 16.4. The molecule has 128 valence electrons. The number of nitrogens with zero attached hydrogens (tertiary/aromatic N) is 5. The van der Waals surface area contributed by atoms with Crippen LogP contribution in [0.1, 0.15) is 45.4 Å². The van der Waals surface area contributed by atoms with Crippen molar-refractivity contribution in [1.82, 2.24) is 24.6 Å². The SMILES string of the molecule is C[C@H](Cn1cncn1)C(=O)N1CCCN(C2CCCCC2)CC1. The summed E-state index contributed by atoms with van der Waals surface area (Å²) in [5.74, 6) is 0.212. The lowest BCUT2D eigenvalue weighted by molar-refractivity contribution is -0.135. The fraction of sp³-hybridized carbons (Fsp3) is 0.824. The topological polar surface area (TPSA) is 54.3 Å². The standard InChI is InChI=1S/C17H29N5O/c1-15(12-22-14-18-13-19-22)17(23)21-9-5-8-20(10-11-21)16-6-3-2-4-7-16/h13-16H,2-12H2,1H3/t15-/m1/s1. The van der Waals surface area contributed by atoms with E-state index in [-0.39, 0.29) is 11.8 Å². The van der Waals surface area contributed by atoms with Crippen molar-refractivity contribution in [3.63, 3.8) is 0 Å². The summed E-state index contributed by atoms with van der Waals surface area (Å²) in [6.45, 7) is 6.55. The Hall–Kier alpha value is -1.43. The molecule has 2 fully saturated rings. The molecule has 0 spiro atoms. The first-order valence-corrected chi connectivity index (χ1v) is 9.09. The minimum atomic E-state index is -0.0436. The molecule has 2 heterocycles. The summed E-state index contributed by atoms with van der Waals surface area (Å²) in [7, 11) is 0. The summed E-state index contributed by atoms with van der Waals surface area (Å²) in [4.78, 5) is 21.3. The lowest BCUT2D eigenvalue weighted by atomic mass is 9.94. The van der Waals surface area contributed by atoms with E-state index >= 15 is 0 Å². The molecule has 0 aromatic carbocycles. The number of hydrogen-bond donors (Lipinski definition) is 0. The summed E-state index contributed by atoms with van der Waals surface area (Å²) >= 11 is 0. The molecule has 1 aliphatic carbocycles. The van der Waals surface area contributed by atoms with E-state index in [4.69, 9.17) is 0 Å². The molecule has 0 radical (unpaired) electrons. The lowest BCUT2D eigenvalue weighted by Gasteiger charge is -2.33. The molecule has 6 heteroatoms. The van der Waals surface area contributed by atoms with Crippen molar-refractivity contribution in [3.05, 3.63) is 12.7 Å². The molecule has 1 saturated carbocycles. The fourth-order valence-corrected chi connectivity index (χ4v) is 3.97. The molecule has 1 amide bonds. The van der Waals surface area contributed by atoms with E-state index in [0.29, 0.717) is 6.54 Å².